The number of carbonyl (C=O) groups excluding carboxylic acids is 3. The Balaban J connectivity index is 0.00000208. The molecule has 0 aromatic carbocycles. The SMILES string of the molecule is Br.NC(=O)[C@H](C[C@@H]1CCCNC1=O)NC(=O)[C@H]1NC[C@@H]2CCC[C@@H]21. The molecule has 0 bridgehead atoms. The highest BCUT2D eigenvalue weighted by Gasteiger charge is 2.43. The molecule has 0 aromatic heterocycles. The number of amides is 3. The van der Waals surface area contributed by atoms with E-state index in [1.807, 2.05) is 0 Å². The normalized spacial score (nSPS) is 33.1. The summed E-state index contributed by atoms with van der Waals surface area (Å²) < 4.78 is 0. The van der Waals surface area contributed by atoms with Crippen LogP contribution in [0.15, 0.2) is 0 Å². The Morgan fingerprint density at radius 3 is 2.75 bits per heavy atom. The van der Waals surface area contributed by atoms with Crippen LogP contribution in [-0.2, 0) is 14.4 Å². The van der Waals surface area contributed by atoms with E-state index in [0.717, 1.165) is 25.8 Å². The van der Waals surface area contributed by atoms with Crippen molar-refractivity contribution in [1.82, 2.24) is 16.0 Å². The summed E-state index contributed by atoms with van der Waals surface area (Å²) >= 11 is 0. The van der Waals surface area contributed by atoms with E-state index < -0.39 is 11.9 Å². The molecule has 0 radical (unpaired) electrons. The standard InChI is InChI=1S/C16H26N4O3.BrH/c17-14(21)12(7-9-4-2-6-18-15(9)22)20-16(23)13-11-5-1-3-10(11)8-19-13;/h9-13,19H,1-8H2,(H2,17,21)(H,18,22)(H,20,23);1H/t9-,10-,11-,12-,13-;/m0./s1. The van der Waals surface area contributed by atoms with Crippen LogP contribution in [0.2, 0.25) is 0 Å². The second kappa shape index (κ2) is 8.29. The molecule has 136 valence electrons. The molecular formula is C16H27BrN4O3. The Hall–Kier alpha value is -1.15. The van der Waals surface area contributed by atoms with Gasteiger partial charge in [-0.2, -0.15) is 0 Å². The van der Waals surface area contributed by atoms with Crippen molar-refractivity contribution in [2.75, 3.05) is 13.1 Å². The first kappa shape index (κ1) is 19.2. The van der Waals surface area contributed by atoms with Crippen LogP contribution in [-0.4, -0.2) is 42.9 Å². The number of hydrogen-bond acceptors (Lipinski definition) is 4. The third-order valence-corrected chi connectivity index (χ3v) is 5.61. The van der Waals surface area contributed by atoms with Gasteiger partial charge in [-0.15, -0.1) is 17.0 Å². The molecule has 5 atom stereocenters. The molecule has 3 fully saturated rings. The van der Waals surface area contributed by atoms with Crippen molar-refractivity contribution in [3.05, 3.63) is 0 Å². The number of halogens is 1. The molecule has 1 aliphatic carbocycles. The fourth-order valence-corrected chi connectivity index (χ4v) is 4.33. The quantitative estimate of drug-likeness (QED) is 0.511. The van der Waals surface area contributed by atoms with Gasteiger partial charge >= 0.3 is 0 Å². The van der Waals surface area contributed by atoms with Crippen molar-refractivity contribution < 1.29 is 14.4 Å². The van der Waals surface area contributed by atoms with E-state index in [2.05, 4.69) is 16.0 Å². The van der Waals surface area contributed by atoms with Gasteiger partial charge in [0.1, 0.15) is 6.04 Å². The number of hydrogen-bond donors (Lipinski definition) is 4. The fraction of sp³-hybridized carbons (Fsp3) is 0.812. The predicted octanol–water partition coefficient (Wildman–Crippen LogP) is -0.161. The topological polar surface area (TPSA) is 113 Å². The van der Waals surface area contributed by atoms with Crippen LogP contribution >= 0.6 is 17.0 Å². The highest BCUT2D eigenvalue weighted by molar-refractivity contribution is 8.93. The molecule has 3 aliphatic rings. The maximum atomic E-state index is 12.5. The van der Waals surface area contributed by atoms with E-state index in [4.69, 9.17) is 5.73 Å². The average Bonchev–Trinajstić information content (AvgIpc) is 3.11. The molecule has 24 heavy (non-hydrogen) atoms. The van der Waals surface area contributed by atoms with Crippen molar-refractivity contribution in [3.63, 3.8) is 0 Å². The third-order valence-electron chi connectivity index (χ3n) is 5.61. The molecule has 0 unspecified atom stereocenters. The van der Waals surface area contributed by atoms with E-state index in [9.17, 15) is 14.4 Å². The number of nitrogens with two attached hydrogens (primary N) is 1. The molecule has 5 N–H and O–H groups in total. The van der Waals surface area contributed by atoms with Gasteiger partial charge in [0.05, 0.1) is 6.04 Å². The van der Waals surface area contributed by atoms with E-state index in [0.29, 0.717) is 18.4 Å². The van der Waals surface area contributed by atoms with Crippen molar-refractivity contribution in [2.45, 2.75) is 50.6 Å². The largest absolute Gasteiger partial charge is 0.368 e. The van der Waals surface area contributed by atoms with Gasteiger partial charge in [-0.05, 0) is 50.5 Å². The van der Waals surface area contributed by atoms with Crippen LogP contribution in [0.3, 0.4) is 0 Å². The highest BCUT2D eigenvalue weighted by atomic mass is 79.9. The van der Waals surface area contributed by atoms with Gasteiger partial charge in [-0.3, -0.25) is 14.4 Å². The van der Waals surface area contributed by atoms with Crippen molar-refractivity contribution in [1.29, 1.82) is 0 Å². The molecule has 2 heterocycles. The smallest absolute Gasteiger partial charge is 0.240 e. The zero-order valence-electron chi connectivity index (χ0n) is 13.8. The zero-order chi connectivity index (χ0) is 16.4. The maximum Gasteiger partial charge on any atom is 0.240 e. The number of piperidine rings is 1. The lowest BCUT2D eigenvalue weighted by atomic mass is 9.90. The molecule has 1 saturated carbocycles. The number of primary amides is 1. The monoisotopic (exact) mass is 402 g/mol. The van der Waals surface area contributed by atoms with Gasteiger partial charge in [0.15, 0.2) is 0 Å². The van der Waals surface area contributed by atoms with E-state index >= 15 is 0 Å². The van der Waals surface area contributed by atoms with Crippen LogP contribution in [0, 0.1) is 17.8 Å². The molecule has 3 rings (SSSR count). The lowest BCUT2D eigenvalue weighted by Crippen LogP contribution is -2.53. The van der Waals surface area contributed by atoms with E-state index in [-0.39, 0.29) is 47.2 Å². The van der Waals surface area contributed by atoms with Crippen LogP contribution in [0.4, 0.5) is 0 Å². The Labute approximate surface area is 152 Å². The summed E-state index contributed by atoms with van der Waals surface area (Å²) in [7, 11) is 0. The lowest BCUT2D eigenvalue weighted by Gasteiger charge is -2.27. The van der Waals surface area contributed by atoms with Crippen LogP contribution in [0.1, 0.15) is 38.5 Å². The molecule has 0 aromatic rings. The molecular weight excluding hydrogens is 376 g/mol. The van der Waals surface area contributed by atoms with Crippen LogP contribution < -0.4 is 21.7 Å². The summed E-state index contributed by atoms with van der Waals surface area (Å²) in [5.74, 6) is -0.0931. The highest BCUT2D eigenvalue weighted by Crippen LogP contribution is 2.37. The molecule has 8 heteroatoms. The molecule has 3 amide bonds. The van der Waals surface area contributed by atoms with Gasteiger partial charge in [-0.25, -0.2) is 0 Å². The van der Waals surface area contributed by atoms with E-state index in [1.165, 1.54) is 12.8 Å². The zero-order valence-corrected chi connectivity index (χ0v) is 15.5. The summed E-state index contributed by atoms with van der Waals surface area (Å²) in [5.41, 5.74) is 5.45. The first-order chi connectivity index (χ1) is 11.1. The minimum Gasteiger partial charge on any atom is -0.368 e. The molecule has 2 saturated heterocycles. The van der Waals surface area contributed by atoms with Crippen molar-refractivity contribution in [2.24, 2.45) is 23.5 Å². The number of fused-ring (bicyclic) bond motifs is 1. The summed E-state index contributed by atoms with van der Waals surface area (Å²) in [6, 6.07) is -1.01. The van der Waals surface area contributed by atoms with Gasteiger partial charge in [0, 0.05) is 12.5 Å². The minimum absolute atomic E-state index is 0. The van der Waals surface area contributed by atoms with E-state index in [1.54, 1.807) is 0 Å². The first-order valence-corrected chi connectivity index (χ1v) is 8.67. The predicted molar refractivity (Wildman–Crippen MR) is 94.4 cm³/mol. The molecule has 2 aliphatic heterocycles. The average molecular weight is 403 g/mol. The van der Waals surface area contributed by atoms with Gasteiger partial charge in [0.25, 0.3) is 0 Å². The van der Waals surface area contributed by atoms with Gasteiger partial charge in [-0.1, -0.05) is 6.42 Å². The van der Waals surface area contributed by atoms with Gasteiger partial charge in [0.2, 0.25) is 17.7 Å². The second-order valence-electron chi connectivity index (χ2n) is 7.07. The summed E-state index contributed by atoms with van der Waals surface area (Å²) in [6.45, 7) is 1.55. The Morgan fingerprint density at radius 2 is 2.04 bits per heavy atom. The Morgan fingerprint density at radius 1 is 1.25 bits per heavy atom. The second-order valence-corrected chi connectivity index (χ2v) is 7.07. The Kier molecular flexibility index (Phi) is 6.62. The number of rotatable bonds is 5. The van der Waals surface area contributed by atoms with Gasteiger partial charge < -0.3 is 21.7 Å². The number of nitrogens with one attached hydrogen (secondary N) is 3. The van der Waals surface area contributed by atoms with Crippen molar-refractivity contribution >= 4 is 34.7 Å². The first-order valence-electron chi connectivity index (χ1n) is 8.67. The third kappa shape index (κ3) is 4.08. The van der Waals surface area contributed by atoms with Crippen molar-refractivity contribution in [3.8, 4) is 0 Å². The minimum atomic E-state index is -0.779. The summed E-state index contributed by atoms with van der Waals surface area (Å²) in [4.78, 5) is 36.1. The molecule has 0 spiro atoms. The van der Waals surface area contributed by atoms with Crippen LogP contribution in [0.5, 0.6) is 0 Å². The lowest BCUT2D eigenvalue weighted by molar-refractivity contribution is -0.131. The summed E-state index contributed by atoms with van der Waals surface area (Å²) in [6.07, 6.45) is 5.31. The molecule has 7 nitrogen and oxygen atoms in total. The Bertz CT molecular complexity index is 502. The van der Waals surface area contributed by atoms with Crippen LogP contribution in [0.25, 0.3) is 0 Å². The maximum absolute atomic E-state index is 12.5. The number of carbonyl (C=O) groups is 3. The summed E-state index contributed by atoms with van der Waals surface area (Å²) in [5, 5.41) is 8.85. The fourth-order valence-electron chi connectivity index (χ4n) is 4.33.